The second kappa shape index (κ2) is 10.8. The number of nitrogens with one attached hydrogen (secondary N) is 1. The number of phenols is 1. The summed E-state index contributed by atoms with van der Waals surface area (Å²) < 4.78 is 25.7. The molecule has 3 aromatic carbocycles. The van der Waals surface area contributed by atoms with Crippen molar-refractivity contribution >= 4 is 27.3 Å². The zero-order chi connectivity index (χ0) is 24.0. The standard InChI is InChI=1S/C24H25ClN2O5S/c25-18-5-1-4-17(13-18)23(29)15-27-12-2-3-16-6-8-19(9-7-16)33(31,32)20-10-11-22(28)21(14-20)24(26)30/h1,4-11,13-14,23,27-29H,2-3,12,15H2,(H2,26,30)/t23-/m0/s1. The number of hydrogen-bond acceptors (Lipinski definition) is 6. The number of primary amides is 1. The number of sulfone groups is 1. The van der Waals surface area contributed by atoms with Crippen LogP contribution in [0.5, 0.6) is 5.75 Å². The van der Waals surface area contributed by atoms with Crippen LogP contribution in [-0.4, -0.2) is 37.6 Å². The lowest BCUT2D eigenvalue weighted by atomic mass is 10.1. The zero-order valence-corrected chi connectivity index (χ0v) is 19.3. The Morgan fingerprint density at radius 2 is 1.73 bits per heavy atom. The molecule has 0 radical (unpaired) electrons. The molecule has 174 valence electrons. The van der Waals surface area contributed by atoms with E-state index >= 15 is 0 Å². The Hall–Kier alpha value is -2.91. The number of benzene rings is 3. The molecule has 5 N–H and O–H groups in total. The topological polar surface area (TPSA) is 130 Å². The second-order valence-corrected chi connectivity index (χ2v) is 9.96. The van der Waals surface area contributed by atoms with Gasteiger partial charge in [-0.05, 0) is 73.0 Å². The molecule has 0 aliphatic carbocycles. The Labute approximate surface area is 197 Å². The van der Waals surface area contributed by atoms with Gasteiger partial charge < -0.3 is 21.3 Å². The van der Waals surface area contributed by atoms with E-state index in [-0.39, 0.29) is 21.1 Å². The average Bonchev–Trinajstić information content (AvgIpc) is 2.79. The van der Waals surface area contributed by atoms with Gasteiger partial charge >= 0.3 is 0 Å². The van der Waals surface area contributed by atoms with E-state index in [0.29, 0.717) is 18.1 Å². The summed E-state index contributed by atoms with van der Waals surface area (Å²) in [6, 6.07) is 17.0. The van der Waals surface area contributed by atoms with Gasteiger partial charge in [0.25, 0.3) is 5.91 Å². The summed E-state index contributed by atoms with van der Waals surface area (Å²) in [5, 5.41) is 23.7. The summed E-state index contributed by atoms with van der Waals surface area (Å²) in [5.41, 5.74) is 6.66. The first-order valence-electron chi connectivity index (χ1n) is 10.3. The predicted octanol–water partition coefficient (Wildman–Crippen LogP) is 3.23. The van der Waals surface area contributed by atoms with Crippen LogP contribution >= 0.6 is 11.6 Å². The van der Waals surface area contributed by atoms with E-state index in [1.54, 1.807) is 30.3 Å². The number of aromatic hydroxyl groups is 1. The van der Waals surface area contributed by atoms with Crippen molar-refractivity contribution in [3.63, 3.8) is 0 Å². The number of nitrogens with two attached hydrogens (primary N) is 1. The van der Waals surface area contributed by atoms with Crippen LogP contribution in [0.4, 0.5) is 0 Å². The molecule has 0 aliphatic rings. The van der Waals surface area contributed by atoms with Crippen LogP contribution in [0, 0.1) is 0 Å². The molecule has 0 unspecified atom stereocenters. The molecule has 1 amide bonds. The monoisotopic (exact) mass is 488 g/mol. The van der Waals surface area contributed by atoms with Gasteiger partial charge in [0.05, 0.1) is 21.5 Å². The van der Waals surface area contributed by atoms with E-state index in [9.17, 15) is 23.4 Å². The lowest BCUT2D eigenvalue weighted by Crippen LogP contribution is -2.22. The highest BCUT2D eigenvalue weighted by molar-refractivity contribution is 7.91. The molecule has 0 aliphatic heterocycles. The first-order valence-corrected chi connectivity index (χ1v) is 12.2. The van der Waals surface area contributed by atoms with Crippen molar-refractivity contribution in [2.45, 2.75) is 28.7 Å². The maximum atomic E-state index is 12.9. The van der Waals surface area contributed by atoms with Gasteiger partial charge in [0.2, 0.25) is 9.84 Å². The van der Waals surface area contributed by atoms with Gasteiger partial charge in [-0.3, -0.25) is 4.79 Å². The molecular weight excluding hydrogens is 464 g/mol. The SMILES string of the molecule is NC(=O)c1cc(S(=O)(=O)c2ccc(CCCNC[C@H](O)c3cccc(Cl)c3)cc2)ccc1O. The summed E-state index contributed by atoms with van der Waals surface area (Å²) in [5.74, 6) is -1.28. The molecule has 3 rings (SSSR count). The van der Waals surface area contributed by atoms with Crippen molar-refractivity contribution in [2.24, 2.45) is 5.73 Å². The molecule has 0 aromatic heterocycles. The molecule has 0 saturated heterocycles. The van der Waals surface area contributed by atoms with E-state index in [0.717, 1.165) is 36.1 Å². The molecule has 0 bridgehead atoms. The number of carbonyl (C=O) groups excluding carboxylic acids is 1. The minimum atomic E-state index is -3.87. The van der Waals surface area contributed by atoms with Crippen LogP contribution in [-0.2, 0) is 16.3 Å². The van der Waals surface area contributed by atoms with Crippen molar-refractivity contribution in [3.8, 4) is 5.75 Å². The quantitative estimate of drug-likeness (QED) is 0.324. The van der Waals surface area contributed by atoms with Crippen molar-refractivity contribution in [3.05, 3.63) is 88.4 Å². The molecule has 0 spiro atoms. The smallest absolute Gasteiger partial charge is 0.252 e. The Balaban J connectivity index is 1.54. The summed E-state index contributed by atoms with van der Waals surface area (Å²) >= 11 is 5.94. The van der Waals surface area contributed by atoms with Crippen LogP contribution < -0.4 is 11.1 Å². The van der Waals surface area contributed by atoms with Crippen molar-refractivity contribution in [1.82, 2.24) is 5.32 Å². The van der Waals surface area contributed by atoms with Crippen LogP contribution in [0.1, 0.15) is 34.0 Å². The molecule has 0 fully saturated rings. The van der Waals surface area contributed by atoms with Gasteiger partial charge in [-0.15, -0.1) is 0 Å². The van der Waals surface area contributed by atoms with Crippen LogP contribution in [0.25, 0.3) is 0 Å². The third-order valence-electron chi connectivity index (χ3n) is 5.17. The van der Waals surface area contributed by atoms with Crippen LogP contribution in [0.2, 0.25) is 5.02 Å². The molecule has 7 nitrogen and oxygen atoms in total. The van der Waals surface area contributed by atoms with E-state index in [2.05, 4.69) is 5.32 Å². The first-order chi connectivity index (χ1) is 15.7. The summed E-state index contributed by atoms with van der Waals surface area (Å²) in [6.45, 7) is 1.08. The second-order valence-electron chi connectivity index (χ2n) is 7.57. The number of hydrogen-bond donors (Lipinski definition) is 4. The summed E-state index contributed by atoms with van der Waals surface area (Å²) in [7, 11) is -3.87. The van der Waals surface area contributed by atoms with E-state index < -0.39 is 21.8 Å². The highest BCUT2D eigenvalue weighted by atomic mass is 35.5. The number of aryl methyl sites for hydroxylation is 1. The van der Waals surface area contributed by atoms with Crippen LogP contribution in [0.15, 0.2) is 76.5 Å². The Bertz CT molecular complexity index is 1230. The van der Waals surface area contributed by atoms with Gasteiger partial charge in [-0.25, -0.2) is 8.42 Å². The lowest BCUT2D eigenvalue weighted by Gasteiger charge is -2.12. The van der Waals surface area contributed by atoms with Crippen molar-refractivity contribution < 1.29 is 23.4 Å². The summed E-state index contributed by atoms with van der Waals surface area (Å²) in [6.07, 6.45) is 0.878. The largest absolute Gasteiger partial charge is 0.507 e. The van der Waals surface area contributed by atoms with Crippen molar-refractivity contribution in [2.75, 3.05) is 13.1 Å². The number of halogens is 1. The molecule has 3 aromatic rings. The number of amides is 1. The fourth-order valence-electron chi connectivity index (χ4n) is 3.34. The maximum Gasteiger partial charge on any atom is 0.252 e. The molecular formula is C24H25ClN2O5S. The van der Waals surface area contributed by atoms with E-state index in [4.69, 9.17) is 17.3 Å². The molecule has 33 heavy (non-hydrogen) atoms. The molecule has 0 saturated carbocycles. The predicted molar refractivity (Wildman–Crippen MR) is 126 cm³/mol. The van der Waals surface area contributed by atoms with Crippen LogP contribution in [0.3, 0.4) is 0 Å². The fraction of sp³-hybridized carbons (Fsp3) is 0.208. The van der Waals surface area contributed by atoms with Gasteiger partial charge in [-0.2, -0.15) is 0 Å². The van der Waals surface area contributed by atoms with Gasteiger partial charge in [0.15, 0.2) is 0 Å². The average molecular weight is 489 g/mol. The zero-order valence-electron chi connectivity index (χ0n) is 17.7. The maximum absolute atomic E-state index is 12.9. The third-order valence-corrected chi connectivity index (χ3v) is 7.17. The fourth-order valence-corrected chi connectivity index (χ4v) is 4.82. The Morgan fingerprint density at radius 3 is 2.39 bits per heavy atom. The minimum absolute atomic E-state index is 0.0788. The van der Waals surface area contributed by atoms with Gasteiger partial charge in [0.1, 0.15) is 5.75 Å². The summed E-state index contributed by atoms with van der Waals surface area (Å²) in [4.78, 5) is 11.4. The van der Waals surface area contributed by atoms with E-state index in [1.807, 2.05) is 6.07 Å². The molecule has 9 heteroatoms. The normalized spacial score (nSPS) is 12.4. The third kappa shape index (κ3) is 6.33. The number of aliphatic hydroxyl groups is 1. The Morgan fingerprint density at radius 1 is 1.03 bits per heavy atom. The lowest BCUT2D eigenvalue weighted by molar-refractivity contribution is 0.0997. The number of rotatable bonds is 10. The molecule has 1 atom stereocenters. The van der Waals surface area contributed by atoms with Gasteiger partial charge in [0, 0.05) is 11.6 Å². The number of aliphatic hydroxyl groups excluding tert-OH is 1. The minimum Gasteiger partial charge on any atom is -0.507 e. The highest BCUT2D eigenvalue weighted by Gasteiger charge is 2.20. The van der Waals surface area contributed by atoms with Gasteiger partial charge in [-0.1, -0.05) is 35.9 Å². The molecule has 0 heterocycles. The van der Waals surface area contributed by atoms with E-state index in [1.165, 1.54) is 18.2 Å². The highest BCUT2D eigenvalue weighted by Crippen LogP contribution is 2.26. The van der Waals surface area contributed by atoms with Crippen molar-refractivity contribution in [1.29, 1.82) is 0 Å². The first kappa shape index (κ1) is 24.7. The Kier molecular flexibility index (Phi) is 8.10. The number of carbonyl (C=O) groups is 1.